The maximum absolute atomic E-state index is 12.1. The maximum atomic E-state index is 12.1. The van der Waals surface area contributed by atoms with Gasteiger partial charge in [0.25, 0.3) is 5.91 Å². The second-order valence-electron chi connectivity index (χ2n) is 5.69. The number of carbonyl (C=O) groups excluding carboxylic acids is 1. The molecule has 0 aliphatic carbocycles. The van der Waals surface area contributed by atoms with Gasteiger partial charge in [-0.3, -0.25) is 9.69 Å². The molecule has 0 bridgehead atoms. The summed E-state index contributed by atoms with van der Waals surface area (Å²) in [6.07, 6.45) is 1.79. The molecule has 0 atom stereocenters. The molecule has 1 fully saturated rings. The smallest absolute Gasteiger partial charge is 0.265 e. The highest BCUT2D eigenvalue weighted by atomic mass is 35.5. The number of hydrogen-bond donors (Lipinski definition) is 0. The van der Waals surface area contributed by atoms with E-state index >= 15 is 0 Å². The third-order valence-electron chi connectivity index (χ3n) is 3.85. The summed E-state index contributed by atoms with van der Waals surface area (Å²) in [7, 11) is 3.23. The first kappa shape index (κ1) is 20.0. The van der Waals surface area contributed by atoms with E-state index in [4.69, 9.17) is 44.9 Å². The minimum absolute atomic E-state index is 0.107. The van der Waals surface area contributed by atoms with Gasteiger partial charge in [0.2, 0.25) is 0 Å². The van der Waals surface area contributed by atoms with Crippen LogP contribution < -0.4 is 9.47 Å². The van der Waals surface area contributed by atoms with E-state index in [1.54, 1.807) is 38.4 Å². The molecule has 0 saturated carbocycles. The number of ether oxygens (including phenoxy) is 2. The summed E-state index contributed by atoms with van der Waals surface area (Å²) >= 11 is 18.4. The van der Waals surface area contributed by atoms with E-state index in [1.807, 2.05) is 18.2 Å². The molecule has 0 radical (unpaired) electrons. The number of carbonyl (C=O) groups is 1. The SMILES string of the molecule is COc1cc(C=C2SC(=S)N(C)C2=O)ccc1OCc1ccc(Cl)c(Cl)c1. The molecule has 4 nitrogen and oxygen atoms in total. The van der Waals surface area contributed by atoms with Crippen molar-refractivity contribution in [3.63, 3.8) is 0 Å². The summed E-state index contributed by atoms with van der Waals surface area (Å²) in [5.74, 6) is 1.04. The van der Waals surface area contributed by atoms with Crippen molar-refractivity contribution in [3.05, 3.63) is 62.5 Å². The third-order valence-corrected chi connectivity index (χ3v) is 6.07. The first-order valence-electron chi connectivity index (χ1n) is 7.85. The zero-order valence-corrected chi connectivity index (χ0v) is 17.6. The Kier molecular flexibility index (Phi) is 6.32. The Bertz CT molecular complexity index is 947. The minimum Gasteiger partial charge on any atom is -0.493 e. The van der Waals surface area contributed by atoms with Crippen molar-refractivity contribution >= 4 is 63.5 Å². The fourth-order valence-corrected chi connectivity index (χ4v) is 3.88. The molecular formula is C19H15Cl2NO3S2. The zero-order chi connectivity index (χ0) is 19.6. The Morgan fingerprint density at radius 3 is 2.56 bits per heavy atom. The van der Waals surface area contributed by atoms with Crippen molar-refractivity contribution in [2.75, 3.05) is 14.2 Å². The molecule has 8 heteroatoms. The van der Waals surface area contributed by atoms with Gasteiger partial charge in [-0.1, -0.05) is 59.3 Å². The van der Waals surface area contributed by atoms with Gasteiger partial charge in [0.05, 0.1) is 22.1 Å². The number of amides is 1. The van der Waals surface area contributed by atoms with Crippen molar-refractivity contribution in [3.8, 4) is 11.5 Å². The van der Waals surface area contributed by atoms with Crippen LogP contribution in [0, 0.1) is 0 Å². The van der Waals surface area contributed by atoms with Crippen LogP contribution in [0.3, 0.4) is 0 Å². The highest BCUT2D eigenvalue weighted by Gasteiger charge is 2.28. The van der Waals surface area contributed by atoms with Crippen LogP contribution in [0.25, 0.3) is 6.08 Å². The van der Waals surface area contributed by atoms with Gasteiger partial charge in [-0.25, -0.2) is 0 Å². The topological polar surface area (TPSA) is 38.8 Å². The third kappa shape index (κ3) is 4.58. The van der Waals surface area contributed by atoms with Crippen LogP contribution in [0.15, 0.2) is 41.3 Å². The molecule has 0 unspecified atom stereocenters. The largest absolute Gasteiger partial charge is 0.493 e. The highest BCUT2D eigenvalue weighted by molar-refractivity contribution is 8.26. The summed E-state index contributed by atoms with van der Waals surface area (Å²) in [5, 5.41) is 0.980. The quantitative estimate of drug-likeness (QED) is 0.459. The van der Waals surface area contributed by atoms with Crippen LogP contribution in [-0.4, -0.2) is 29.3 Å². The number of thiocarbonyl (C=S) groups is 1. The average Bonchev–Trinajstić information content (AvgIpc) is 2.90. The molecule has 2 aromatic carbocycles. The lowest BCUT2D eigenvalue weighted by Gasteiger charge is -2.12. The fourth-order valence-electron chi connectivity index (χ4n) is 2.38. The van der Waals surface area contributed by atoms with Crippen molar-refractivity contribution in [1.29, 1.82) is 0 Å². The molecule has 0 aromatic heterocycles. The van der Waals surface area contributed by atoms with Crippen LogP contribution in [0.5, 0.6) is 11.5 Å². The van der Waals surface area contributed by atoms with Crippen molar-refractivity contribution in [2.24, 2.45) is 0 Å². The number of hydrogen-bond acceptors (Lipinski definition) is 5. The normalized spacial score (nSPS) is 15.6. The molecule has 27 heavy (non-hydrogen) atoms. The van der Waals surface area contributed by atoms with E-state index < -0.39 is 0 Å². The molecule has 1 aliphatic rings. The van der Waals surface area contributed by atoms with E-state index in [9.17, 15) is 4.79 Å². The van der Waals surface area contributed by atoms with Gasteiger partial charge >= 0.3 is 0 Å². The lowest BCUT2D eigenvalue weighted by Crippen LogP contribution is -2.22. The van der Waals surface area contributed by atoms with Gasteiger partial charge in [-0.2, -0.15) is 0 Å². The highest BCUT2D eigenvalue weighted by Crippen LogP contribution is 2.34. The lowest BCUT2D eigenvalue weighted by atomic mass is 10.2. The summed E-state index contributed by atoms with van der Waals surface area (Å²) in [6.45, 7) is 0.321. The summed E-state index contributed by atoms with van der Waals surface area (Å²) in [6, 6.07) is 10.8. The number of halogens is 2. The second-order valence-corrected chi connectivity index (χ2v) is 8.18. The van der Waals surface area contributed by atoms with Crippen LogP contribution in [0.4, 0.5) is 0 Å². The first-order valence-corrected chi connectivity index (χ1v) is 9.83. The standard InChI is InChI=1S/C19H15Cl2NO3S2/c1-22-18(23)17(27-19(22)26)9-11-4-6-15(16(8-11)24-2)25-10-12-3-5-13(20)14(21)7-12/h3-9H,10H2,1-2H3. The Balaban J connectivity index is 1.77. The number of methoxy groups -OCH3 is 1. The predicted molar refractivity (Wildman–Crippen MR) is 115 cm³/mol. The van der Waals surface area contributed by atoms with E-state index in [0.29, 0.717) is 37.4 Å². The summed E-state index contributed by atoms with van der Waals surface area (Å²) < 4.78 is 11.8. The number of thioether (sulfide) groups is 1. The minimum atomic E-state index is -0.107. The predicted octanol–water partition coefficient (Wildman–Crippen LogP) is 5.41. The number of likely N-dealkylation sites (N-methyl/N-ethyl adjacent to an activating group) is 1. The van der Waals surface area contributed by atoms with Gasteiger partial charge in [0, 0.05) is 7.05 Å². The Morgan fingerprint density at radius 1 is 1.15 bits per heavy atom. The van der Waals surface area contributed by atoms with Crippen LogP contribution >= 0.6 is 47.2 Å². The second kappa shape index (κ2) is 8.52. The van der Waals surface area contributed by atoms with E-state index in [-0.39, 0.29) is 5.91 Å². The number of benzene rings is 2. The molecular weight excluding hydrogens is 425 g/mol. The number of nitrogens with zero attached hydrogens (tertiary/aromatic N) is 1. The van der Waals surface area contributed by atoms with Gasteiger partial charge < -0.3 is 9.47 Å². The van der Waals surface area contributed by atoms with Gasteiger partial charge in [-0.15, -0.1) is 0 Å². The molecule has 0 N–H and O–H groups in total. The summed E-state index contributed by atoms with van der Waals surface area (Å²) in [5.41, 5.74) is 1.71. The van der Waals surface area contributed by atoms with E-state index in [0.717, 1.165) is 11.1 Å². The van der Waals surface area contributed by atoms with Crippen LogP contribution in [0.1, 0.15) is 11.1 Å². The first-order chi connectivity index (χ1) is 12.9. The Morgan fingerprint density at radius 2 is 1.93 bits per heavy atom. The Labute approximate surface area is 177 Å². The van der Waals surface area contributed by atoms with Gasteiger partial charge in [-0.05, 0) is 41.5 Å². The van der Waals surface area contributed by atoms with Gasteiger partial charge in [0.15, 0.2) is 11.5 Å². The lowest BCUT2D eigenvalue weighted by molar-refractivity contribution is -0.121. The van der Waals surface area contributed by atoms with Crippen molar-refractivity contribution < 1.29 is 14.3 Å². The van der Waals surface area contributed by atoms with Crippen LogP contribution in [0.2, 0.25) is 10.0 Å². The van der Waals surface area contributed by atoms with Gasteiger partial charge in [0.1, 0.15) is 10.9 Å². The van der Waals surface area contributed by atoms with E-state index in [1.165, 1.54) is 16.7 Å². The van der Waals surface area contributed by atoms with E-state index in [2.05, 4.69) is 0 Å². The zero-order valence-electron chi connectivity index (χ0n) is 14.5. The molecule has 1 saturated heterocycles. The molecule has 1 aliphatic heterocycles. The molecule has 140 valence electrons. The fraction of sp³-hybridized carbons (Fsp3) is 0.158. The monoisotopic (exact) mass is 439 g/mol. The molecule has 3 rings (SSSR count). The van der Waals surface area contributed by atoms with Crippen molar-refractivity contribution in [1.82, 2.24) is 4.90 Å². The summed E-state index contributed by atoms with van der Waals surface area (Å²) in [4.78, 5) is 14.2. The number of rotatable bonds is 5. The average molecular weight is 440 g/mol. The van der Waals surface area contributed by atoms with Crippen molar-refractivity contribution in [2.45, 2.75) is 6.61 Å². The molecule has 1 amide bonds. The maximum Gasteiger partial charge on any atom is 0.265 e. The molecule has 1 heterocycles. The Hall–Kier alpha value is -1.73. The van der Waals surface area contributed by atoms with Crippen LogP contribution in [-0.2, 0) is 11.4 Å². The molecule has 2 aromatic rings. The molecule has 0 spiro atoms.